The summed E-state index contributed by atoms with van der Waals surface area (Å²) in [7, 11) is 0.307. The number of aromatic nitrogens is 7. The third kappa shape index (κ3) is 6.66. The minimum Gasteiger partial charge on any atom is -0.388 e. The van der Waals surface area contributed by atoms with Gasteiger partial charge in [0.15, 0.2) is 29.6 Å². The summed E-state index contributed by atoms with van der Waals surface area (Å²) < 4.78 is 56.7. The fourth-order valence-corrected chi connectivity index (χ4v) is 8.30. The topological polar surface area (TPSA) is 264 Å². The molecule has 2 saturated heterocycles. The Labute approximate surface area is 265 Å². The van der Waals surface area contributed by atoms with Crippen LogP contribution in [0.15, 0.2) is 23.8 Å². The maximum absolute atomic E-state index is 13.8. The van der Waals surface area contributed by atoms with Crippen molar-refractivity contribution >= 4 is 81.1 Å². The van der Waals surface area contributed by atoms with E-state index >= 15 is 0 Å². The van der Waals surface area contributed by atoms with Crippen LogP contribution in [0.2, 0.25) is 0 Å². The van der Waals surface area contributed by atoms with Crippen molar-refractivity contribution in [3.05, 3.63) is 28.6 Å². The van der Waals surface area contributed by atoms with E-state index in [9.17, 15) is 23.9 Å². The number of thiol groups is 1. The quantitative estimate of drug-likeness (QED) is 0.115. The molecule has 0 radical (unpaired) electrons. The van der Waals surface area contributed by atoms with Crippen molar-refractivity contribution in [1.82, 2.24) is 34.1 Å². The first-order chi connectivity index (χ1) is 21.4. The van der Waals surface area contributed by atoms with Crippen LogP contribution in [0.5, 0.6) is 0 Å². The Morgan fingerprint density at radius 2 is 1.71 bits per heavy atom. The molecule has 4 aromatic heterocycles. The van der Waals surface area contributed by atoms with Gasteiger partial charge in [-0.15, -0.1) is 0 Å². The van der Waals surface area contributed by atoms with Gasteiger partial charge in [0.1, 0.15) is 40.9 Å². The smallest absolute Gasteiger partial charge is 0.388 e. The van der Waals surface area contributed by atoms with Gasteiger partial charge in [-0.05, 0) is 10.8 Å². The number of rotatable bonds is 10. The molecule has 45 heavy (non-hydrogen) atoms. The number of anilines is 2. The van der Waals surface area contributed by atoms with E-state index in [0.29, 0.717) is 26.7 Å². The van der Waals surface area contributed by atoms with Crippen molar-refractivity contribution in [2.24, 2.45) is 0 Å². The molecule has 6 N–H and O–H groups in total. The van der Waals surface area contributed by atoms with Gasteiger partial charge in [0, 0.05) is 12.8 Å². The number of fused-ring (bicyclic) bond motifs is 2. The van der Waals surface area contributed by atoms with Crippen LogP contribution in [-0.2, 0) is 32.2 Å². The molecular formula is C21H25N9O10P2S3. The van der Waals surface area contributed by atoms with Crippen LogP contribution in [0, 0.1) is 5.69 Å². The second kappa shape index (κ2) is 12.6. The molecule has 0 amide bonds. The van der Waals surface area contributed by atoms with E-state index in [1.165, 1.54) is 17.2 Å². The molecule has 0 aliphatic carbocycles. The number of imidazole rings is 1. The summed E-state index contributed by atoms with van der Waals surface area (Å²) >= 11 is 4.27. The number of nitrogen functional groups attached to an aromatic ring is 2. The monoisotopic (exact) mass is 721 g/mol. The van der Waals surface area contributed by atoms with Gasteiger partial charge in [-0.25, -0.2) is 34.0 Å². The number of nitrogens with zero attached hydrogens (tertiary/aromatic N) is 7. The number of ether oxygens (including phenoxy) is 2. The van der Waals surface area contributed by atoms with Gasteiger partial charge in [-0.3, -0.25) is 27.5 Å². The molecule has 4 aromatic rings. The van der Waals surface area contributed by atoms with Gasteiger partial charge in [0.2, 0.25) is 0 Å². The van der Waals surface area contributed by atoms with Crippen molar-refractivity contribution in [3.63, 3.8) is 0 Å². The lowest BCUT2D eigenvalue weighted by Gasteiger charge is -2.23. The van der Waals surface area contributed by atoms with Crippen molar-refractivity contribution in [3.8, 4) is 5.69 Å². The molecule has 0 aromatic carbocycles. The SMILES string of the molecule is C#S[P@](=O)(OC[C@@H]1CC(O)[C@H](n2cnc3c(N)ncnc32)O1)O[C@@H]1CC(COP(=O)(O)S)O[C@H]1n1c(=O)sc2c(N)ncnc21. The number of nitrogens with two attached hydrogens (primary N) is 2. The largest absolute Gasteiger partial charge is 0.418 e. The number of thiazole rings is 1. The van der Waals surface area contributed by atoms with Crippen molar-refractivity contribution in [1.29, 1.82) is 0 Å². The first-order valence-electron chi connectivity index (χ1n) is 12.9. The minimum absolute atomic E-state index is 0.0594. The average Bonchev–Trinajstić information content (AvgIpc) is 3.75. The predicted molar refractivity (Wildman–Crippen MR) is 165 cm³/mol. The Bertz CT molecular complexity index is 1950. The van der Waals surface area contributed by atoms with Crippen molar-refractivity contribution in [2.45, 2.75) is 49.7 Å². The molecule has 0 saturated carbocycles. The summed E-state index contributed by atoms with van der Waals surface area (Å²) in [6.45, 7) is -9.07. The van der Waals surface area contributed by atoms with Gasteiger partial charge in [-0.2, -0.15) is 0 Å². The van der Waals surface area contributed by atoms with E-state index in [0.717, 1.165) is 22.2 Å². The molecule has 8 atom stereocenters. The summed E-state index contributed by atoms with van der Waals surface area (Å²) in [5, 5.41) is 10.7. The molecule has 2 aliphatic heterocycles. The van der Waals surface area contributed by atoms with Crippen LogP contribution in [0.3, 0.4) is 0 Å². The normalized spacial score (nSPS) is 28.0. The van der Waals surface area contributed by atoms with Crippen LogP contribution in [0.1, 0.15) is 25.3 Å². The van der Waals surface area contributed by atoms with Crippen LogP contribution >= 0.6 is 48.0 Å². The molecule has 19 nitrogen and oxygen atoms in total. The summed E-state index contributed by atoms with van der Waals surface area (Å²) in [5.41, 5.74) is 18.4. The molecule has 2 fully saturated rings. The number of hydrogen-bond donors (Lipinski definition) is 5. The standard InChI is InChI=1S/C21H25N9O10P2S3/c1-44-42(35,37-5-9-2-11(31)19(38-9)29-8-28-13-15(22)24-6-26-17(13)29)40-12-3-10(4-36-41(33,34)43)39-20(12)30-18-14(45-21(30)32)16(23)25-7-27-18/h1,6-12,19-20,31H,2-5H2,(H2,22,24,26)(H2,23,25,27)(H2,33,34,43)/t9-,10?,11?,12+,19+,20+,42+/m0/s1. The second-order valence-electron chi connectivity index (χ2n) is 9.85. The fraction of sp³-hybridized carbons (Fsp3) is 0.476. The maximum atomic E-state index is 13.8. The number of hydrogen-bond acceptors (Lipinski definition) is 17. The number of aliphatic hydroxyl groups is 1. The fourth-order valence-electron chi connectivity index (χ4n) is 4.99. The Hall–Kier alpha value is -2.55. The minimum atomic E-state index is -4.18. The number of aliphatic hydroxyl groups excluding tert-OH is 1. The summed E-state index contributed by atoms with van der Waals surface area (Å²) in [4.78, 5) is 42.3. The third-order valence-electron chi connectivity index (χ3n) is 6.89. The summed E-state index contributed by atoms with van der Waals surface area (Å²) in [6.07, 6.45) is -2.08. The lowest BCUT2D eigenvalue weighted by molar-refractivity contribution is -0.0524. The van der Waals surface area contributed by atoms with Gasteiger partial charge >= 0.3 is 18.5 Å². The second-order valence-corrected chi connectivity index (χ2v) is 17.1. The Kier molecular flexibility index (Phi) is 9.05. The molecule has 242 valence electrons. The van der Waals surface area contributed by atoms with Gasteiger partial charge in [0.05, 0.1) is 31.7 Å². The molecular weight excluding hydrogens is 696 g/mol. The summed E-state index contributed by atoms with van der Waals surface area (Å²) in [5.74, 6) is 0.229. The highest BCUT2D eigenvalue weighted by molar-refractivity contribution is 8.48. The lowest BCUT2D eigenvalue weighted by Crippen LogP contribution is -2.28. The molecule has 0 bridgehead atoms. The Morgan fingerprint density at radius 1 is 1.04 bits per heavy atom. The zero-order valence-electron chi connectivity index (χ0n) is 22.7. The van der Waals surface area contributed by atoms with E-state index in [1.54, 1.807) is 0 Å². The van der Waals surface area contributed by atoms with E-state index in [1.807, 2.05) is 0 Å². The molecule has 0 spiro atoms. The lowest BCUT2D eigenvalue weighted by atomic mass is 10.2. The summed E-state index contributed by atoms with van der Waals surface area (Å²) in [6, 6.07) is 0. The highest BCUT2D eigenvalue weighted by Crippen LogP contribution is 2.59. The molecule has 6 rings (SSSR count). The Balaban J connectivity index is 1.19. The predicted octanol–water partition coefficient (Wildman–Crippen LogP) is 1.67. The van der Waals surface area contributed by atoms with Crippen LogP contribution in [0.25, 0.3) is 21.5 Å². The van der Waals surface area contributed by atoms with Crippen LogP contribution in [-0.4, -0.2) is 81.7 Å². The van der Waals surface area contributed by atoms with Crippen molar-refractivity contribution < 1.29 is 42.2 Å². The van der Waals surface area contributed by atoms with Crippen LogP contribution < -0.4 is 16.3 Å². The van der Waals surface area contributed by atoms with Gasteiger partial charge < -0.3 is 30.9 Å². The first-order valence-corrected chi connectivity index (χ1v) is 19.5. The first kappa shape index (κ1) is 32.4. The van der Waals surface area contributed by atoms with Gasteiger partial charge in [-0.1, -0.05) is 29.3 Å². The maximum Gasteiger partial charge on any atom is 0.418 e. The highest BCUT2D eigenvalue weighted by atomic mass is 32.7. The van der Waals surface area contributed by atoms with Gasteiger partial charge in [0.25, 0.3) is 0 Å². The zero-order valence-corrected chi connectivity index (χ0v) is 27.0. The highest BCUT2D eigenvalue weighted by Gasteiger charge is 2.45. The Morgan fingerprint density at radius 3 is 2.44 bits per heavy atom. The molecule has 3 unspecified atom stereocenters. The van der Waals surface area contributed by atoms with E-state index < -0.39 is 61.9 Å². The zero-order chi connectivity index (χ0) is 32.1. The van der Waals surface area contributed by atoms with E-state index in [-0.39, 0.29) is 36.7 Å². The molecule has 2 aliphatic rings. The third-order valence-corrected chi connectivity index (χ3v) is 11.3. The van der Waals surface area contributed by atoms with E-state index in [4.69, 9.17) is 40.2 Å². The van der Waals surface area contributed by atoms with Crippen LogP contribution in [0.4, 0.5) is 11.6 Å². The average molecular weight is 722 g/mol. The molecule has 6 heterocycles. The molecule has 24 heteroatoms. The van der Waals surface area contributed by atoms with Crippen molar-refractivity contribution in [2.75, 3.05) is 24.7 Å². The van der Waals surface area contributed by atoms with E-state index in [2.05, 4.69) is 37.2 Å².